The van der Waals surface area contributed by atoms with E-state index >= 15 is 0 Å². The van der Waals surface area contributed by atoms with E-state index in [1.165, 1.54) is 11.1 Å². The highest BCUT2D eigenvalue weighted by molar-refractivity contribution is 5.82. The van der Waals surface area contributed by atoms with E-state index in [9.17, 15) is 4.79 Å². The van der Waals surface area contributed by atoms with Crippen LogP contribution in [-0.4, -0.2) is 11.9 Å². The number of aryl methyl sites for hydroxylation is 1. The Labute approximate surface area is 89.7 Å². The van der Waals surface area contributed by atoms with Crippen LogP contribution in [-0.2, 0) is 4.79 Å². The predicted molar refractivity (Wildman–Crippen MR) is 59.3 cm³/mol. The van der Waals surface area contributed by atoms with E-state index in [-0.39, 0.29) is 18.0 Å². The summed E-state index contributed by atoms with van der Waals surface area (Å²) in [4.78, 5) is 11.5. The lowest BCUT2D eigenvalue weighted by Gasteiger charge is -2.28. The van der Waals surface area contributed by atoms with E-state index in [1.807, 2.05) is 12.1 Å². The van der Waals surface area contributed by atoms with Gasteiger partial charge < -0.3 is 11.1 Å². The summed E-state index contributed by atoms with van der Waals surface area (Å²) in [5.41, 5.74) is 8.07. The normalized spacial score (nSPS) is 26.1. The number of benzene rings is 1. The van der Waals surface area contributed by atoms with E-state index in [4.69, 9.17) is 5.73 Å². The van der Waals surface area contributed by atoms with Gasteiger partial charge >= 0.3 is 0 Å². The number of amides is 1. The number of carbonyl (C=O) groups is 1. The van der Waals surface area contributed by atoms with E-state index < -0.39 is 0 Å². The van der Waals surface area contributed by atoms with Crippen molar-refractivity contribution in [2.24, 2.45) is 5.73 Å². The molecule has 15 heavy (non-hydrogen) atoms. The summed E-state index contributed by atoms with van der Waals surface area (Å²) >= 11 is 0. The molecule has 1 aromatic carbocycles. The molecule has 2 atom stereocenters. The largest absolute Gasteiger partial charge is 0.348 e. The summed E-state index contributed by atoms with van der Waals surface area (Å²) in [6.07, 6.45) is 1.70. The average molecular weight is 204 g/mol. The van der Waals surface area contributed by atoms with Gasteiger partial charge in [-0.3, -0.25) is 4.79 Å². The van der Waals surface area contributed by atoms with Crippen molar-refractivity contribution in [2.45, 2.75) is 31.8 Å². The summed E-state index contributed by atoms with van der Waals surface area (Å²) in [7, 11) is 0. The second-order valence-electron chi connectivity index (χ2n) is 4.10. The zero-order valence-electron chi connectivity index (χ0n) is 8.86. The van der Waals surface area contributed by atoms with Gasteiger partial charge in [-0.15, -0.1) is 0 Å². The summed E-state index contributed by atoms with van der Waals surface area (Å²) in [5.74, 6) is -0.0329. The van der Waals surface area contributed by atoms with Crippen molar-refractivity contribution in [1.29, 1.82) is 0 Å². The molecule has 0 bridgehead atoms. The Bertz CT molecular complexity index is 376. The number of hydrogen-bond donors (Lipinski definition) is 2. The third kappa shape index (κ3) is 2.02. The van der Waals surface area contributed by atoms with Crippen LogP contribution < -0.4 is 11.1 Å². The quantitative estimate of drug-likeness (QED) is 0.724. The van der Waals surface area contributed by atoms with Gasteiger partial charge in [-0.05, 0) is 30.9 Å². The van der Waals surface area contributed by atoms with Gasteiger partial charge in [-0.1, -0.05) is 24.3 Å². The number of piperidine rings is 1. The van der Waals surface area contributed by atoms with E-state index in [2.05, 4.69) is 24.4 Å². The Morgan fingerprint density at radius 2 is 2.07 bits per heavy atom. The molecule has 1 heterocycles. The first-order valence-corrected chi connectivity index (χ1v) is 5.30. The SMILES string of the molecule is Cc1ccccc1C1CCC(N)C(=O)N1. The zero-order chi connectivity index (χ0) is 10.8. The molecule has 80 valence electrons. The molecule has 1 aliphatic rings. The monoisotopic (exact) mass is 204 g/mol. The molecule has 1 aliphatic heterocycles. The molecule has 3 heteroatoms. The second-order valence-corrected chi connectivity index (χ2v) is 4.10. The third-order valence-electron chi connectivity index (χ3n) is 2.98. The molecule has 2 unspecified atom stereocenters. The van der Waals surface area contributed by atoms with Gasteiger partial charge in [0.05, 0.1) is 12.1 Å². The fraction of sp³-hybridized carbons (Fsp3) is 0.417. The topological polar surface area (TPSA) is 55.1 Å². The molecule has 0 aromatic heterocycles. The Kier molecular flexibility index (Phi) is 2.73. The standard InChI is InChI=1S/C12H16N2O/c1-8-4-2-3-5-9(8)11-7-6-10(13)12(15)14-11/h2-5,10-11H,6-7,13H2,1H3,(H,14,15). The zero-order valence-corrected chi connectivity index (χ0v) is 8.86. The maximum atomic E-state index is 11.5. The fourth-order valence-electron chi connectivity index (χ4n) is 2.04. The molecule has 1 amide bonds. The van der Waals surface area contributed by atoms with Crippen molar-refractivity contribution in [3.05, 3.63) is 35.4 Å². The Morgan fingerprint density at radius 1 is 1.33 bits per heavy atom. The van der Waals surface area contributed by atoms with Crippen LogP contribution in [0.25, 0.3) is 0 Å². The van der Waals surface area contributed by atoms with Gasteiger partial charge in [0.15, 0.2) is 0 Å². The maximum absolute atomic E-state index is 11.5. The number of nitrogens with one attached hydrogen (secondary N) is 1. The minimum absolute atomic E-state index is 0.0329. The highest BCUT2D eigenvalue weighted by Crippen LogP contribution is 2.25. The first kappa shape index (κ1) is 10.2. The molecule has 3 nitrogen and oxygen atoms in total. The average Bonchev–Trinajstić information content (AvgIpc) is 2.23. The van der Waals surface area contributed by atoms with E-state index in [1.54, 1.807) is 0 Å². The molecule has 0 saturated carbocycles. The molecule has 1 aromatic rings. The smallest absolute Gasteiger partial charge is 0.237 e. The van der Waals surface area contributed by atoms with Gasteiger partial charge in [0.25, 0.3) is 0 Å². The molecule has 1 saturated heterocycles. The van der Waals surface area contributed by atoms with Crippen molar-refractivity contribution in [3.8, 4) is 0 Å². The molecule has 1 fully saturated rings. The van der Waals surface area contributed by atoms with Crippen molar-refractivity contribution in [2.75, 3.05) is 0 Å². The Hall–Kier alpha value is -1.35. The molecular weight excluding hydrogens is 188 g/mol. The number of hydrogen-bond acceptors (Lipinski definition) is 2. The number of nitrogens with two attached hydrogens (primary N) is 1. The molecule has 3 N–H and O–H groups in total. The van der Waals surface area contributed by atoms with Gasteiger partial charge in [0.2, 0.25) is 5.91 Å². The van der Waals surface area contributed by atoms with Crippen LogP contribution in [0.2, 0.25) is 0 Å². The Balaban J connectivity index is 2.19. The van der Waals surface area contributed by atoms with Gasteiger partial charge in [-0.2, -0.15) is 0 Å². The van der Waals surface area contributed by atoms with Crippen LogP contribution in [0, 0.1) is 6.92 Å². The summed E-state index contributed by atoms with van der Waals surface area (Å²) in [5, 5.41) is 2.96. The van der Waals surface area contributed by atoms with Crippen molar-refractivity contribution in [1.82, 2.24) is 5.32 Å². The van der Waals surface area contributed by atoms with Gasteiger partial charge in [-0.25, -0.2) is 0 Å². The number of rotatable bonds is 1. The molecule has 2 rings (SSSR count). The second kappa shape index (κ2) is 4.03. The van der Waals surface area contributed by atoms with E-state index in [0.717, 1.165) is 12.8 Å². The van der Waals surface area contributed by atoms with Crippen molar-refractivity contribution >= 4 is 5.91 Å². The summed E-state index contributed by atoms with van der Waals surface area (Å²) in [6.45, 7) is 2.07. The van der Waals surface area contributed by atoms with Crippen LogP contribution in [0.1, 0.15) is 30.0 Å². The maximum Gasteiger partial charge on any atom is 0.237 e. The van der Waals surface area contributed by atoms with Crippen LogP contribution in [0.5, 0.6) is 0 Å². The van der Waals surface area contributed by atoms with Crippen LogP contribution in [0.3, 0.4) is 0 Å². The summed E-state index contributed by atoms with van der Waals surface area (Å²) in [6, 6.07) is 7.95. The van der Waals surface area contributed by atoms with Crippen LogP contribution >= 0.6 is 0 Å². The minimum Gasteiger partial charge on any atom is -0.348 e. The third-order valence-corrected chi connectivity index (χ3v) is 2.98. The Morgan fingerprint density at radius 3 is 2.73 bits per heavy atom. The first-order chi connectivity index (χ1) is 7.18. The first-order valence-electron chi connectivity index (χ1n) is 5.30. The lowest BCUT2D eigenvalue weighted by Crippen LogP contribution is -2.46. The highest BCUT2D eigenvalue weighted by atomic mass is 16.2. The molecule has 0 spiro atoms. The molecule has 0 aliphatic carbocycles. The lowest BCUT2D eigenvalue weighted by molar-refractivity contribution is -0.124. The highest BCUT2D eigenvalue weighted by Gasteiger charge is 2.26. The van der Waals surface area contributed by atoms with Crippen LogP contribution in [0.15, 0.2) is 24.3 Å². The number of carbonyl (C=O) groups excluding carboxylic acids is 1. The molecular formula is C12H16N2O. The lowest BCUT2D eigenvalue weighted by atomic mass is 9.92. The van der Waals surface area contributed by atoms with Gasteiger partial charge in [0, 0.05) is 0 Å². The fourth-order valence-corrected chi connectivity index (χ4v) is 2.04. The van der Waals surface area contributed by atoms with Crippen molar-refractivity contribution < 1.29 is 4.79 Å². The minimum atomic E-state index is -0.328. The predicted octanol–water partition coefficient (Wildman–Crippen LogP) is 1.27. The van der Waals surface area contributed by atoms with Crippen molar-refractivity contribution in [3.63, 3.8) is 0 Å². The van der Waals surface area contributed by atoms with Gasteiger partial charge in [0.1, 0.15) is 0 Å². The van der Waals surface area contributed by atoms with Crippen LogP contribution in [0.4, 0.5) is 0 Å². The summed E-state index contributed by atoms with van der Waals surface area (Å²) < 4.78 is 0. The van der Waals surface area contributed by atoms with E-state index in [0.29, 0.717) is 0 Å². The molecule has 0 radical (unpaired) electrons.